The van der Waals surface area contributed by atoms with E-state index in [-0.39, 0.29) is 5.95 Å². The minimum Gasteiger partial charge on any atom is -0.373 e. The molecule has 2 amide bonds. The molecule has 0 aliphatic carbocycles. The van der Waals surface area contributed by atoms with Crippen LogP contribution in [0.15, 0.2) is 42.7 Å². The Hall–Kier alpha value is -3.22. The van der Waals surface area contributed by atoms with Gasteiger partial charge in [-0.15, -0.1) is 0 Å². The predicted octanol–water partition coefficient (Wildman–Crippen LogP) is 3.02. The Morgan fingerprint density at radius 2 is 1.91 bits per heavy atom. The van der Waals surface area contributed by atoms with Gasteiger partial charge in [0.25, 0.3) is 0 Å². The lowest BCUT2D eigenvalue weighted by molar-refractivity contribution is 0.262. The van der Waals surface area contributed by atoms with Crippen molar-refractivity contribution in [2.75, 3.05) is 23.0 Å². The second kappa shape index (κ2) is 6.27. The molecule has 3 N–H and O–H groups in total. The van der Waals surface area contributed by atoms with Gasteiger partial charge in [-0.25, -0.2) is 9.78 Å². The molecule has 2 aromatic heterocycles. The van der Waals surface area contributed by atoms with E-state index in [0.29, 0.717) is 11.5 Å². The van der Waals surface area contributed by atoms with Crippen molar-refractivity contribution in [1.29, 1.82) is 0 Å². The van der Waals surface area contributed by atoms with E-state index in [2.05, 4.69) is 30.9 Å². The molecule has 3 aromatic rings. The highest BCUT2D eigenvalue weighted by Crippen LogP contribution is 2.18. The molecule has 0 aliphatic rings. The van der Waals surface area contributed by atoms with E-state index < -0.39 is 6.03 Å². The summed E-state index contributed by atoms with van der Waals surface area (Å²) in [5.74, 6) is 0.892. The lowest BCUT2D eigenvalue weighted by Gasteiger charge is -2.09. The number of anilines is 3. The van der Waals surface area contributed by atoms with Gasteiger partial charge < -0.3 is 10.6 Å². The Labute approximate surface area is 133 Å². The third kappa shape index (κ3) is 3.52. The van der Waals surface area contributed by atoms with Gasteiger partial charge in [0.1, 0.15) is 5.82 Å². The van der Waals surface area contributed by atoms with Crippen LogP contribution >= 0.6 is 0 Å². The number of aromatic nitrogens is 3. The van der Waals surface area contributed by atoms with Crippen LogP contribution in [0, 0.1) is 6.92 Å². The van der Waals surface area contributed by atoms with Gasteiger partial charge in [-0.3, -0.25) is 10.3 Å². The molecule has 0 atom stereocenters. The first-order valence-electron chi connectivity index (χ1n) is 7.09. The van der Waals surface area contributed by atoms with Gasteiger partial charge in [0.2, 0.25) is 5.95 Å². The van der Waals surface area contributed by atoms with Crippen LogP contribution in [0.1, 0.15) is 5.69 Å². The zero-order valence-electron chi connectivity index (χ0n) is 12.8. The van der Waals surface area contributed by atoms with Gasteiger partial charge in [0.15, 0.2) is 0 Å². The quantitative estimate of drug-likeness (QED) is 0.691. The summed E-state index contributed by atoms with van der Waals surface area (Å²) in [4.78, 5) is 24.5. The van der Waals surface area contributed by atoms with Crippen LogP contribution in [0.4, 0.5) is 22.2 Å². The highest BCUT2D eigenvalue weighted by molar-refractivity contribution is 6.00. The fourth-order valence-electron chi connectivity index (χ4n) is 2.18. The van der Waals surface area contributed by atoms with E-state index in [4.69, 9.17) is 0 Å². The highest BCUT2D eigenvalue weighted by Gasteiger charge is 2.07. The molecule has 1 aromatic carbocycles. The third-order valence-corrected chi connectivity index (χ3v) is 3.23. The summed E-state index contributed by atoms with van der Waals surface area (Å²) in [7, 11) is 1.76. The minimum absolute atomic E-state index is 0.247. The first kappa shape index (κ1) is 14.7. The number of hydrogen-bond donors (Lipinski definition) is 3. The second-order valence-corrected chi connectivity index (χ2v) is 4.98. The van der Waals surface area contributed by atoms with Crippen LogP contribution in [0.2, 0.25) is 0 Å². The molecule has 116 valence electrons. The number of carbonyl (C=O) groups is 1. The number of urea groups is 1. The van der Waals surface area contributed by atoms with Crippen molar-refractivity contribution in [3.05, 3.63) is 48.4 Å². The van der Waals surface area contributed by atoms with E-state index in [1.165, 1.54) is 0 Å². The summed E-state index contributed by atoms with van der Waals surface area (Å²) in [6.07, 6.45) is 3.49. The van der Waals surface area contributed by atoms with E-state index in [9.17, 15) is 4.79 Å². The standard InChI is InChI=1S/C16H16N6O/c1-10-7-14(17-2)21-15(19-10)22-16(23)20-13-4-3-12-9-18-6-5-11(12)8-13/h3-9H,1-2H3,(H3,17,19,20,21,22,23). The number of carbonyl (C=O) groups excluding carboxylic acids is 1. The van der Waals surface area contributed by atoms with E-state index in [1.807, 2.05) is 31.2 Å². The molecular weight excluding hydrogens is 292 g/mol. The molecule has 0 saturated carbocycles. The molecule has 0 radical (unpaired) electrons. The summed E-state index contributed by atoms with van der Waals surface area (Å²) in [6.45, 7) is 1.84. The second-order valence-electron chi connectivity index (χ2n) is 4.98. The molecule has 0 aliphatic heterocycles. The normalized spacial score (nSPS) is 10.3. The molecule has 0 spiro atoms. The fourth-order valence-corrected chi connectivity index (χ4v) is 2.18. The van der Waals surface area contributed by atoms with E-state index in [1.54, 1.807) is 25.5 Å². The van der Waals surface area contributed by atoms with Gasteiger partial charge in [-0.1, -0.05) is 6.07 Å². The van der Waals surface area contributed by atoms with Crippen molar-refractivity contribution in [2.24, 2.45) is 0 Å². The van der Waals surface area contributed by atoms with E-state index in [0.717, 1.165) is 16.5 Å². The largest absolute Gasteiger partial charge is 0.373 e. The number of amides is 2. The Balaban J connectivity index is 1.74. The van der Waals surface area contributed by atoms with Crippen molar-refractivity contribution >= 4 is 34.3 Å². The molecule has 3 rings (SSSR count). The van der Waals surface area contributed by atoms with Crippen LogP contribution in [-0.2, 0) is 0 Å². The van der Waals surface area contributed by atoms with Gasteiger partial charge in [0, 0.05) is 42.3 Å². The Morgan fingerprint density at radius 1 is 1.04 bits per heavy atom. The average Bonchev–Trinajstić information content (AvgIpc) is 2.54. The smallest absolute Gasteiger partial charge is 0.326 e. The molecule has 2 heterocycles. The topological polar surface area (TPSA) is 91.8 Å². The Morgan fingerprint density at radius 3 is 2.74 bits per heavy atom. The Kier molecular flexibility index (Phi) is 4.01. The number of benzene rings is 1. The predicted molar refractivity (Wildman–Crippen MR) is 90.7 cm³/mol. The summed E-state index contributed by atoms with van der Waals surface area (Å²) in [6, 6.07) is 8.89. The Bertz CT molecular complexity index is 864. The van der Waals surface area contributed by atoms with E-state index >= 15 is 0 Å². The first-order chi connectivity index (χ1) is 11.1. The van der Waals surface area contributed by atoms with Crippen molar-refractivity contribution in [1.82, 2.24) is 15.0 Å². The number of fused-ring (bicyclic) bond motifs is 1. The first-order valence-corrected chi connectivity index (χ1v) is 7.09. The maximum atomic E-state index is 12.1. The summed E-state index contributed by atoms with van der Waals surface area (Å²) < 4.78 is 0. The van der Waals surface area contributed by atoms with Crippen molar-refractivity contribution in [3.8, 4) is 0 Å². The fraction of sp³-hybridized carbons (Fsp3) is 0.125. The summed E-state index contributed by atoms with van der Waals surface area (Å²) >= 11 is 0. The maximum absolute atomic E-state index is 12.1. The zero-order valence-corrected chi connectivity index (χ0v) is 12.8. The monoisotopic (exact) mass is 308 g/mol. The van der Waals surface area contributed by atoms with Gasteiger partial charge in [0.05, 0.1) is 0 Å². The van der Waals surface area contributed by atoms with Crippen LogP contribution in [0.5, 0.6) is 0 Å². The molecule has 0 fully saturated rings. The number of nitrogens with one attached hydrogen (secondary N) is 3. The summed E-state index contributed by atoms with van der Waals surface area (Å²) in [5, 5.41) is 10.3. The molecule has 23 heavy (non-hydrogen) atoms. The van der Waals surface area contributed by atoms with Gasteiger partial charge in [-0.05, 0) is 30.5 Å². The average molecular weight is 308 g/mol. The highest BCUT2D eigenvalue weighted by atomic mass is 16.2. The van der Waals surface area contributed by atoms with Crippen LogP contribution in [-0.4, -0.2) is 28.0 Å². The summed E-state index contributed by atoms with van der Waals surface area (Å²) in [5.41, 5.74) is 1.44. The van der Waals surface area contributed by atoms with Crippen LogP contribution in [0.25, 0.3) is 10.8 Å². The number of aryl methyl sites for hydroxylation is 1. The molecule has 0 unspecified atom stereocenters. The number of hydrogen-bond acceptors (Lipinski definition) is 5. The van der Waals surface area contributed by atoms with Gasteiger partial charge >= 0.3 is 6.03 Å². The lowest BCUT2D eigenvalue weighted by Crippen LogP contribution is -2.21. The third-order valence-electron chi connectivity index (χ3n) is 3.23. The molecule has 0 saturated heterocycles. The lowest BCUT2D eigenvalue weighted by atomic mass is 10.1. The molecule has 7 nitrogen and oxygen atoms in total. The maximum Gasteiger partial charge on any atom is 0.326 e. The minimum atomic E-state index is -0.397. The van der Waals surface area contributed by atoms with Crippen LogP contribution < -0.4 is 16.0 Å². The molecular formula is C16H16N6O. The number of nitrogens with zero attached hydrogens (tertiary/aromatic N) is 3. The SMILES string of the molecule is CNc1cc(C)nc(NC(=O)Nc2ccc3cnccc3c2)n1. The number of pyridine rings is 1. The molecule has 7 heteroatoms. The van der Waals surface area contributed by atoms with Gasteiger partial charge in [-0.2, -0.15) is 4.98 Å². The van der Waals surface area contributed by atoms with Crippen molar-refractivity contribution in [3.63, 3.8) is 0 Å². The van der Waals surface area contributed by atoms with Crippen LogP contribution in [0.3, 0.4) is 0 Å². The zero-order chi connectivity index (χ0) is 16.2. The number of rotatable bonds is 3. The van der Waals surface area contributed by atoms with Crippen molar-refractivity contribution in [2.45, 2.75) is 6.92 Å². The molecule has 0 bridgehead atoms. The van der Waals surface area contributed by atoms with Crippen molar-refractivity contribution < 1.29 is 4.79 Å².